The van der Waals surface area contributed by atoms with E-state index in [1.807, 2.05) is 10.8 Å². The number of aliphatic carboxylic acids is 1. The molecule has 2 atom stereocenters. The number of carboxylic acid groups (broad SMARTS) is 1. The van der Waals surface area contributed by atoms with Gasteiger partial charge in [0.1, 0.15) is 0 Å². The maximum absolute atomic E-state index is 13.0. The molecule has 1 aliphatic rings. The first-order chi connectivity index (χ1) is 15.8. The first kappa shape index (κ1) is 25.0. The largest absolute Gasteiger partial charge is 0.479 e. The number of allylic oxidation sites excluding steroid dienone is 2. The van der Waals surface area contributed by atoms with Gasteiger partial charge in [-0.15, -0.1) is 0 Å². The van der Waals surface area contributed by atoms with Gasteiger partial charge >= 0.3 is 12.1 Å². The third-order valence-electron chi connectivity index (χ3n) is 6.31. The highest BCUT2D eigenvalue weighted by atomic mass is 19.4. The van der Waals surface area contributed by atoms with E-state index in [1.54, 1.807) is 12.5 Å². The van der Waals surface area contributed by atoms with Gasteiger partial charge in [0, 0.05) is 12.4 Å². The third-order valence-corrected chi connectivity index (χ3v) is 6.31. The number of nitrogens with two attached hydrogens (primary N) is 1. The number of carbonyl (C=O) groups is 1. The smallest absolute Gasteiger partial charge is 0.416 e. The van der Waals surface area contributed by atoms with Crippen LogP contribution in [0.25, 0.3) is 0 Å². The highest BCUT2D eigenvalue weighted by Crippen LogP contribution is 2.38. The summed E-state index contributed by atoms with van der Waals surface area (Å²) in [6.45, 7) is 0. The monoisotopic (exact) mass is 465 g/mol. The van der Waals surface area contributed by atoms with Crippen LogP contribution in [0.3, 0.4) is 0 Å². The number of imidazole rings is 1. The number of hydrogen-bond donors (Lipinski definition) is 2. The molecule has 6 nitrogen and oxygen atoms in total. The highest BCUT2D eigenvalue weighted by molar-refractivity contribution is 5.72. The Hall–Kier alpha value is -2.65. The molecule has 1 heterocycles. The maximum atomic E-state index is 13.0. The molecule has 0 amide bonds. The molecular formula is C24H30F3N3O3. The third kappa shape index (κ3) is 6.91. The molecule has 180 valence electrons. The highest BCUT2D eigenvalue weighted by Gasteiger charge is 2.31. The lowest BCUT2D eigenvalue weighted by Crippen LogP contribution is -2.27. The van der Waals surface area contributed by atoms with Crippen molar-refractivity contribution in [2.24, 2.45) is 11.8 Å². The molecule has 2 aromatic rings. The summed E-state index contributed by atoms with van der Waals surface area (Å²) in [4.78, 5) is 20.0. The Labute approximate surface area is 191 Å². The predicted molar refractivity (Wildman–Crippen MR) is 117 cm³/mol. The van der Waals surface area contributed by atoms with E-state index in [0.29, 0.717) is 18.8 Å². The van der Waals surface area contributed by atoms with Crippen LogP contribution in [0, 0.1) is 5.92 Å². The fourth-order valence-electron chi connectivity index (χ4n) is 4.56. The first-order valence-electron chi connectivity index (χ1n) is 11.2. The molecule has 1 aliphatic carbocycles. The minimum atomic E-state index is -4.37. The predicted octanol–water partition coefficient (Wildman–Crippen LogP) is 5.32. The zero-order valence-electron chi connectivity index (χ0n) is 18.4. The van der Waals surface area contributed by atoms with E-state index in [1.165, 1.54) is 18.6 Å². The van der Waals surface area contributed by atoms with E-state index < -0.39 is 23.8 Å². The summed E-state index contributed by atoms with van der Waals surface area (Å²) in [5, 5.41) is 9.20. The lowest BCUT2D eigenvalue weighted by atomic mass is 9.78. The van der Waals surface area contributed by atoms with Gasteiger partial charge in [0.25, 0.3) is 0 Å². The molecule has 0 bridgehead atoms. The van der Waals surface area contributed by atoms with E-state index in [4.69, 9.17) is 5.90 Å². The van der Waals surface area contributed by atoms with Crippen molar-refractivity contribution in [3.05, 3.63) is 65.8 Å². The minimum Gasteiger partial charge on any atom is -0.479 e. The number of halogens is 3. The Morgan fingerprint density at radius 1 is 1.24 bits per heavy atom. The molecule has 1 aromatic heterocycles. The van der Waals surface area contributed by atoms with Crippen LogP contribution in [-0.2, 0) is 22.2 Å². The van der Waals surface area contributed by atoms with Gasteiger partial charge in [-0.1, -0.05) is 37.5 Å². The Morgan fingerprint density at radius 2 is 1.94 bits per heavy atom. The van der Waals surface area contributed by atoms with Crippen molar-refractivity contribution in [2.75, 3.05) is 0 Å². The topological polar surface area (TPSA) is 90.4 Å². The molecule has 0 aliphatic heterocycles. The summed E-state index contributed by atoms with van der Waals surface area (Å²) in [6, 6.07) is 5.14. The van der Waals surface area contributed by atoms with Crippen LogP contribution in [0.4, 0.5) is 13.2 Å². The van der Waals surface area contributed by atoms with Crippen molar-refractivity contribution in [2.45, 2.75) is 69.7 Å². The van der Waals surface area contributed by atoms with Crippen molar-refractivity contribution < 1.29 is 27.9 Å². The zero-order valence-corrected chi connectivity index (χ0v) is 18.4. The average molecular weight is 466 g/mol. The molecule has 3 rings (SSSR count). The number of carboxylic acids is 1. The molecular weight excluding hydrogens is 435 g/mol. The van der Waals surface area contributed by atoms with E-state index >= 15 is 0 Å². The van der Waals surface area contributed by atoms with Gasteiger partial charge in [-0.25, -0.2) is 15.7 Å². The summed E-state index contributed by atoms with van der Waals surface area (Å²) >= 11 is 0. The first-order valence-corrected chi connectivity index (χ1v) is 11.2. The average Bonchev–Trinajstić information content (AvgIpc) is 3.33. The van der Waals surface area contributed by atoms with Crippen LogP contribution in [-0.4, -0.2) is 26.7 Å². The van der Waals surface area contributed by atoms with Gasteiger partial charge in [0.05, 0.1) is 17.9 Å². The van der Waals surface area contributed by atoms with Crippen molar-refractivity contribution >= 4 is 5.97 Å². The van der Waals surface area contributed by atoms with Crippen LogP contribution in [0.5, 0.6) is 0 Å². The molecule has 0 spiro atoms. The van der Waals surface area contributed by atoms with Crippen LogP contribution in [0.15, 0.2) is 54.6 Å². The van der Waals surface area contributed by atoms with E-state index in [0.717, 1.165) is 49.0 Å². The second-order valence-electron chi connectivity index (χ2n) is 8.50. The van der Waals surface area contributed by atoms with Crippen LogP contribution < -0.4 is 5.90 Å². The molecule has 2 unspecified atom stereocenters. The molecule has 1 aromatic carbocycles. The minimum absolute atomic E-state index is 0.130. The molecule has 0 radical (unpaired) electrons. The Kier molecular flexibility index (Phi) is 8.68. The quantitative estimate of drug-likeness (QED) is 0.366. The van der Waals surface area contributed by atoms with Crippen LogP contribution >= 0.6 is 0 Å². The summed E-state index contributed by atoms with van der Waals surface area (Å²) in [6.07, 6.45) is 8.54. The second kappa shape index (κ2) is 11.5. The number of nitrogens with zero attached hydrogens (tertiary/aromatic N) is 2. The standard InChI is InChI=1S/C24H30F3N3O3/c25-24(26,27)19-11-9-17(10-12-19)15-21(30-14-13-29-16-30)20(18-5-2-1-3-6-18)7-4-8-22(33-28)23(31)32/h7,9-14,16,18,21-22H,1-6,8,15,28H2,(H,31,32)/b20-7-. The van der Waals surface area contributed by atoms with Gasteiger partial charge in [-0.2, -0.15) is 13.2 Å². The summed E-state index contributed by atoms with van der Waals surface area (Å²) in [5.41, 5.74) is 1.28. The van der Waals surface area contributed by atoms with Crippen LogP contribution in [0.1, 0.15) is 62.1 Å². The Morgan fingerprint density at radius 3 is 2.48 bits per heavy atom. The fraction of sp³-hybridized carbons (Fsp3) is 0.500. The number of hydrogen-bond acceptors (Lipinski definition) is 4. The summed E-state index contributed by atoms with van der Waals surface area (Å²) in [7, 11) is 0. The van der Waals surface area contributed by atoms with Crippen molar-refractivity contribution in [3.8, 4) is 0 Å². The van der Waals surface area contributed by atoms with Gasteiger partial charge in [0.15, 0.2) is 6.10 Å². The van der Waals surface area contributed by atoms with E-state index in [9.17, 15) is 23.1 Å². The van der Waals surface area contributed by atoms with Gasteiger partial charge in [-0.05, 0) is 61.3 Å². The van der Waals surface area contributed by atoms with Gasteiger partial charge < -0.3 is 9.67 Å². The molecule has 33 heavy (non-hydrogen) atoms. The Balaban J connectivity index is 1.89. The Bertz CT molecular complexity index is 905. The fourth-order valence-corrected chi connectivity index (χ4v) is 4.56. The van der Waals surface area contributed by atoms with E-state index in [2.05, 4.69) is 15.9 Å². The van der Waals surface area contributed by atoms with Gasteiger partial charge in [0.2, 0.25) is 0 Å². The van der Waals surface area contributed by atoms with Crippen LogP contribution in [0.2, 0.25) is 0 Å². The molecule has 1 fully saturated rings. The number of rotatable bonds is 10. The SMILES string of the molecule is NOC(CC/C=C(/C1CCCCC1)C(Cc1ccc(C(F)(F)F)cc1)n1ccnc1)C(=O)O. The molecule has 9 heteroatoms. The van der Waals surface area contributed by atoms with Gasteiger partial charge in [-0.3, -0.25) is 4.84 Å². The zero-order chi connectivity index (χ0) is 23.8. The molecule has 0 saturated heterocycles. The summed E-state index contributed by atoms with van der Waals surface area (Å²) in [5.74, 6) is 4.33. The number of aromatic nitrogens is 2. The maximum Gasteiger partial charge on any atom is 0.416 e. The normalized spacial score (nSPS) is 17.6. The van der Waals surface area contributed by atoms with E-state index in [-0.39, 0.29) is 12.5 Å². The summed E-state index contributed by atoms with van der Waals surface area (Å²) < 4.78 is 40.9. The number of alkyl halides is 3. The number of benzene rings is 1. The van der Waals surface area contributed by atoms with Crippen molar-refractivity contribution in [1.29, 1.82) is 0 Å². The lowest BCUT2D eigenvalue weighted by molar-refractivity contribution is -0.151. The van der Waals surface area contributed by atoms with Crippen molar-refractivity contribution in [1.82, 2.24) is 9.55 Å². The molecule has 3 N–H and O–H groups in total. The van der Waals surface area contributed by atoms with Crippen molar-refractivity contribution in [3.63, 3.8) is 0 Å². The lowest BCUT2D eigenvalue weighted by Gasteiger charge is -2.31. The molecule has 1 saturated carbocycles. The second-order valence-corrected chi connectivity index (χ2v) is 8.50.